The maximum Gasteiger partial charge on any atom is 0.262 e. The van der Waals surface area contributed by atoms with Crippen molar-refractivity contribution in [2.24, 2.45) is 0 Å². The summed E-state index contributed by atoms with van der Waals surface area (Å²) >= 11 is 3.44. The van der Waals surface area contributed by atoms with Gasteiger partial charge in [0.15, 0.2) is 11.5 Å². The molecule has 1 heterocycles. The number of amides is 1. The maximum absolute atomic E-state index is 12.6. The molecule has 27 heavy (non-hydrogen) atoms. The van der Waals surface area contributed by atoms with E-state index in [-0.39, 0.29) is 18.4 Å². The zero-order chi connectivity index (χ0) is 19.6. The molecule has 1 aliphatic heterocycles. The first-order valence-electron chi connectivity index (χ1n) is 8.48. The second-order valence-corrected chi connectivity index (χ2v) is 7.31. The lowest BCUT2D eigenvalue weighted by Crippen LogP contribution is -2.28. The van der Waals surface area contributed by atoms with E-state index in [1.54, 1.807) is 12.1 Å². The average molecular weight is 427 g/mol. The predicted octanol–water partition coefficient (Wildman–Crippen LogP) is 4.58. The topological polar surface area (TPSA) is 71.4 Å². The number of fused-ring (bicyclic) bond motifs is 1. The Labute approximate surface area is 166 Å². The van der Waals surface area contributed by atoms with Gasteiger partial charge in [-0.3, -0.25) is 4.79 Å². The number of nitrogens with zero attached hydrogens (tertiary/aromatic N) is 1. The summed E-state index contributed by atoms with van der Waals surface area (Å²) in [4.78, 5) is 12.6. The highest BCUT2D eigenvalue weighted by Crippen LogP contribution is 2.37. The van der Waals surface area contributed by atoms with E-state index in [4.69, 9.17) is 9.47 Å². The molecule has 2 aromatic carbocycles. The van der Waals surface area contributed by atoms with Crippen molar-refractivity contribution in [3.63, 3.8) is 0 Å². The minimum absolute atomic E-state index is 0.0201. The summed E-state index contributed by atoms with van der Waals surface area (Å²) in [5, 5.41) is 12.4. The molecule has 6 heteroatoms. The van der Waals surface area contributed by atoms with Crippen LogP contribution >= 0.6 is 15.9 Å². The highest BCUT2D eigenvalue weighted by Gasteiger charge is 2.19. The minimum Gasteiger partial charge on any atom is -0.454 e. The molecular formula is C21H19BrN2O3. The normalized spacial score (nSPS) is 13.8. The summed E-state index contributed by atoms with van der Waals surface area (Å²) in [5.41, 5.74) is 3.94. The number of halogens is 1. The zero-order valence-corrected chi connectivity index (χ0v) is 16.9. The van der Waals surface area contributed by atoms with Crippen LogP contribution in [0.2, 0.25) is 0 Å². The molecule has 2 aromatic rings. The molecular weight excluding hydrogens is 408 g/mol. The van der Waals surface area contributed by atoms with Gasteiger partial charge in [-0.25, -0.2) is 0 Å². The molecule has 138 valence electrons. The number of nitriles is 1. The van der Waals surface area contributed by atoms with E-state index in [0.717, 1.165) is 21.2 Å². The maximum atomic E-state index is 12.6. The van der Waals surface area contributed by atoms with Crippen molar-refractivity contribution in [2.45, 2.75) is 26.8 Å². The SMILES string of the molecule is Cc1ccc(C)c(C(C)NC(=O)C(C#N)=Cc2cc3c(cc2Br)OCO3)c1. The third kappa shape index (κ3) is 4.15. The molecule has 0 fully saturated rings. The first kappa shape index (κ1) is 19.0. The molecule has 1 aliphatic rings. The van der Waals surface area contributed by atoms with Gasteiger partial charge < -0.3 is 14.8 Å². The van der Waals surface area contributed by atoms with E-state index < -0.39 is 5.91 Å². The van der Waals surface area contributed by atoms with Crippen molar-refractivity contribution >= 4 is 27.9 Å². The molecule has 0 spiro atoms. The summed E-state index contributed by atoms with van der Waals surface area (Å²) in [6, 6.07) is 11.4. The lowest BCUT2D eigenvalue weighted by atomic mass is 9.99. The number of hydrogen-bond donors (Lipinski definition) is 1. The van der Waals surface area contributed by atoms with E-state index in [1.165, 1.54) is 6.08 Å². The highest BCUT2D eigenvalue weighted by molar-refractivity contribution is 9.10. The number of aryl methyl sites for hydroxylation is 2. The Kier molecular flexibility index (Phi) is 5.52. The quantitative estimate of drug-likeness (QED) is 0.573. The van der Waals surface area contributed by atoms with Gasteiger partial charge >= 0.3 is 0 Å². The smallest absolute Gasteiger partial charge is 0.262 e. The van der Waals surface area contributed by atoms with Crippen LogP contribution < -0.4 is 14.8 Å². The fraction of sp³-hybridized carbons (Fsp3) is 0.238. The summed E-state index contributed by atoms with van der Waals surface area (Å²) in [7, 11) is 0. The van der Waals surface area contributed by atoms with Gasteiger partial charge in [0.1, 0.15) is 11.6 Å². The van der Waals surface area contributed by atoms with E-state index >= 15 is 0 Å². The first-order valence-corrected chi connectivity index (χ1v) is 9.27. The van der Waals surface area contributed by atoms with Crippen molar-refractivity contribution in [2.75, 3.05) is 6.79 Å². The van der Waals surface area contributed by atoms with Crippen molar-refractivity contribution in [3.05, 3.63) is 62.6 Å². The Hall–Kier alpha value is -2.78. The Bertz CT molecular complexity index is 976. The molecule has 1 unspecified atom stereocenters. The van der Waals surface area contributed by atoms with Crippen LogP contribution in [0.3, 0.4) is 0 Å². The number of rotatable bonds is 4. The van der Waals surface area contributed by atoms with Crippen molar-refractivity contribution in [3.8, 4) is 17.6 Å². The third-order valence-electron chi connectivity index (χ3n) is 4.41. The van der Waals surface area contributed by atoms with Crippen molar-refractivity contribution < 1.29 is 14.3 Å². The van der Waals surface area contributed by atoms with Gasteiger partial charge in [-0.15, -0.1) is 0 Å². The van der Waals surface area contributed by atoms with Crippen LogP contribution in [0.1, 0.15) is 35.2 Å². The van der Waals surface area contributed by atoms with E-state index in [0.29, 0.717) is 17.1 Å². The van der Waals surface area contributed by atoms with Gasteiger partial charge in [0.05, 0.1) is 6.04 Å². The molecule has 1 amide bonds. The zero-order valence-electron chi connectivity index (χ0n) is 15.3. The Morgan fingerprint density at radius 2 is 1.96 bits per heavy atom. The van der Waals surface area contributed by atoms with Gasteiger partial charge in [-0.05, 0) is 55.7 Å². The number of carbonyl (C=O) groups is 1. The highest BCUT2D eigenvalue weighted by atomic mass is 79.9. The standard InChI is InChI=1S/C21H19BrN2O3/c1-12-4-5-13(2)17(6-12)14(3)24-21(25)16(10-23)7-15-8-19-20(9-18(15)22)27-11-26-19/h4-9,14H,11H2,1-3H3,(H,24,25). The summed E-state index contributed by atoms with van der Waals surface area (Å²) in [6.45, 7) is 6.08. The molecule has 0 aliphatic carbocycles. The van der Waals surface area contributed by atoms with Crippen LogP contribution in [0.5, 0.6) is 11.5 Å². The fourth-order valence-corrected chi connectivity index (χ4v) is 3.36. The molecule has 1 N–H and O–H groups in total. The Morgan fingerprint density at radius 1 is 1.26 bits per heavy atom. The van der Waals surface area contributed by atoms with Gasteiger partial charge in [0.2, 0.25) is 6.79 Å². The van der Waals surface area contributed by atoms with E-state index in [1.807, 2.05) is 45.0 Å². The number of ether oxygens (including phenoxy) is 2. The second kappa shape index (κ2) is 7.85. The van der Waals surface area contributed by atoms with Crippen molar-refractivity contribution in [1.29, 1.82) is 5.26 Å². The number of nitrogens with one attached hydrogen (secondary N) is 1. The molecule has 0 aromatic heterocycles. The van der Waals surface area contributed by atoms with Crippen LogP contribution in [0, 0.1) is 25.2 Å². The van der Waals surface area contributed by atoms with Gasteiger partial charge in [-0.1, -0.05) is 39.7 Å². The fourth-order valence-electron chi connectivity index (χ4n) is 2.93. The van der Waals surface area contributed by atoms with Gasteiger partial charge in [-0.2, -0.15) is 5.26 Å². The summed E-state index contributed by atoms with van der Waals surface area (Å²) in [6.07, 6.45) is 1.54. The first-order chi connectivity index (χ1) is 12.9. The van der Waals surface area contributed by atoms with Crippen molar-refractivity contribution in [1.82, 2.24) is 5.32 Å². The largest absolute Gasteiger partial charge is 0.454 e. The number of carbonyl (C=O) groups excluding carboxylic acids is 1. The molecule has 0 saturated heterocycles. The summed E-state index contributed by atoms with van der Waals surface area (Å²) in [5.74, 6) is 0.798. The molecule has 0 radical (unpaired) electrons. The molecule has 0 saturated carbocycles. The lowest BCUT2D eigenvalue weighted by molar-refractivity contribution is -0.117. The number of benzene rings is 2. The van der Waals surface area contributed by atoms with Crippen LogP contribution in [0.4, 0.5) is 0 Å². The summed E-state index contributed by atoms with van der Waals surface area (Å²) < 4.78 is 11.4. The second-order valence-electron chi connectivity index (χ2n) is 6.45. The molecule has 5 nitrogen and oxygen atoms in total. The predicted molar refractivity (Wildman–Crippen MR) is 106 cm³/mol. The van der Waals surface area contributed by atoms with Crippen LogP contribution in [0.15, 0.2) is 40.4 Å². The van der Waals surface area contributed by atoms with Crippen LogP contribution in [0.25, 0.3) is 6.08 Å². The third-order valence-corrected chi connectivity index (χ3v) is 5.09. The Balaban J connectivity index is 1.83. The molecule has 0 bridgehead atoms. The van der Waals surface area contributed by atoms with Gasteiger partial charge in [0, 0.05) is 4.47 Å². The van der Waals surface area contributed by atoms with E-state index in [9.17, 15) is 10.1 Å². The van der Waals surface area contributed by atoms with Crippen LogP contribution in [-0.2, 0) is 4.79 Å². The van der Waals surface area contributed by atoms with E-state index in [2.05, 4.69) is 21.2 Å². The number of hydrogen-bond acceptors (Lipinski definition) is 4. The lowest BCUT2D eigenvalue weighted by Gasteiger charge is -2.17. The minimum atomic E-state index is -0.421. The van der Waals surface area contributed by atoms with Gasteiger partial charge in [0.25, 0.3) is 5.91 Å². The Morgan fingerprint density at radius 3 is 2.67 bits per heavy atom. The molecule has 3 rings (SSSR count). The average Bonchev–Trinajstić information content (AvgIpc) is 3.08. The van der Waals surface area contributed by atoms with Crippen LogP contribution in [-0.4, -0.2) is 12.7 Å². The molecule has 1 atom stereocenters. The monoisotopic (exact) mass is 426 g/mol.